The SMILES string of the molecule is COc1cc2c(cc1O)CCN[C@]21CS[C@@H]2c3c(OC(C)=O)c(C)c4c(c3[C@@H](COC1=O)N1C2[C@H]2c3c(cc(C)c(OC)c3OC(C)C)C[C@@H]([C@@H]1O)N2C)OCO4. The second kappa shape index (κ2) is 13.9. The number of ether oxygens (including phenoxy) is 7. The predicted molar refractivity (Wildman–Crippen MR) is 209 cm³/mol. The maximum Gasteiger partial charge on any atom is 0.331 e. The number of benzene rings is 3. The number of aromatic hydroxyl groups is 1. The Morgan fingerprint density at radius 1 is 1.02 bits per heavy atom. The number of piperazine rings is 1. The van der Waals surface area contributed by atoms with Crippen LogP contribution in [0.3, 0.4) is 0 Å². The predicted octanol–water partition coefficient (Wildman–Crippen LogP) is 4.49. The van der Waals surface area contributed by atoms with E-state index in [2.05, 4.69) is 21.2 Å². The fourth-order valence-corrected chi connectivity index (χ4v) is 12.0. The number of phenolic OH excluding ortho intramolecular Hbond substituents is 1. The first kappa shape index (κ1) is 38.1. The Bertz CT molecular complexity index is 2200. The minimum Gasteiger partial charge on any atom is -0.504 e. The number of rotatable bonds is 5. The summed E-state index contributed by atoms with van der Waals surface area (Å²) in [6.45, 7) is 9.48. The van der Waals surface area contributed by atoms with Crippen molar-refractivity contribution >= 4 is 23.7 Å². The summed E-state index contributed by atoms with van der Waals surface area (Å²) in [7, 11) is 5.17. The number of aliphatic hydroxyl groups is 1. The lowest BCUT2D eigenvalue weighted by Crippen LogP contribution is -2.70. The van der Waals surface area contributed by atoms with Crippen molar-refractivity contribution in [2.75, 3.05) is 47.0 Å². The Morgan fingerprint density at radius 2 is 1.79 bits per heavy atom. The Kier molecular flexibility index (Phi) is 9.27. The highest BCUT2D eigenvalue weighted by molar-refractivity contribution is 7.99. The van der Waals surface area contributed by atoms with E-state index in [4.69, 9.17) is 33.2 Å². The maximum atomic E-state index is 14.8. The summed E-state index contributed by atoms with van der Waals surface area (Å²) in [5.74, 6) is 2.04. The minimum atomic E-state index is -1.34. The Morgan fingerprint density at radius 3 is 2.51 bits per heavy atom. The van der Waals surface area contributed by atoms with Crippen molar-refractivity contribution in [1.29, 1.82) is 0 Å². The highest BCUT2D eigenvalue weighted by Gasteiger charge is 2.61. The monoisotopic (exact) mass is 803 g/mol. The molecule has 0 saturated carbocycles. The van der Waals surface area contributed by atoms with Gasteiger partial charge in [0.05, 0.1) is 43.7 Å². The van der Waals surface area contributed by atoms with Crippen LogP contribution < -0.4 is 33.7 Å². The summed E-state index contributed by atoms with van der Waals surface area (Å²) in [5.41, 5.74) is 5.10. The molecule has 0 aromatic heterocycles. The Labute approximate surface area is 335 Å². The van der Waals surface area contributed by atoms with Crippen LogP contribution >= 0.6 is 11.8 Å². The number of hydrogen-bond acceptors (Lipinski definition) is 15. The van der Waals surface area contributed by atoms with Crippen molar-refractivity contribution in [2.45, 2.75) is 94.7 Å². The number of aryl methyl sites for hydroxylation is 1. The second-order valence-corrected chi connectivity index (χ2v) is 17.2. The van der Waals surface area contributed by atoms with E-state index in [0.29, 0.717) is 64.8 Å². The van der Waals surface area contributed by atoms with Crippen LogP contribution in [-0.4, -0.2) is 103 Å². The molecule has 7 heterocycles. The van der Waals surface area contributed by atoms with E-state index < -0.39 is 41.0 Å². The smallest absolute Gasteiger partial charge is 0.331 e. The largest absolute Gasteiger partial charge is 0.504 e. The quantitative estimate of drug-likeness (QED) is 0.245. The molecule has 57 heavy (non-hydrogen) atoms. The highest BCUT2D eigenvalue weighted by Crippen LogP contribution is 2.64. The van der Waals surface area contributed by atoms with E-state index >= 15 is 0 Å². The molecule has 7 aliphatic heterocycles. The molecular formula is C42H49N3O11S. The molecule has 0 amide bonds. The topological polar surface area (TPSA) is 158 Å². The number of nitrogens with one attached hydrogen (secondary N) is 1. The molecule has 7 atom stereocenters. The van der Waals surface area contributed by atoms with Gasteiger partial charge in [-0.15, -0.1) is 11.8 Å². The molecular weight excluding hydrogens is 755 g/mol. The summed E-state index contributed by atoms with van der Waals surface area (Å²) in [4.78, 5) is 32.2. The van der Waals surface area contributed by atoms with Gasteiger partial charge in [-0.2, -0.15) is 0 Å². The molecule has 0 radical (unpaired) electrons. The fraction of sp³-hybridized carbons (Fsp3) is 0.524. The number of esters is 2. The lowest BCUT2D eigenvalue weighted by atomic mass is 9.73. The third-order valence-corrected chi connectivity index (χ3v) is 14.1. The zero-order valence-corrected chi connectivity index (χ0v) is 34.2. The zero-order chi connectivity index (χ0) is 40.2. The molecule has 304 valence electrons. The van der Waals surface area contributed by atoms with Gasteiger partial charge in [-0.25, -0.2) is 4.79 Å². The summed E-state index contributed by atoms with van der Waals surface area (Å²) < 4.78 is 43.2. The molecule has 3 aromatic carbocycles. The molecule has 0 aliphatic carbocycles. The van der Waals surface area contributed by atoms with Gasteiger partial charge in [0.2, 0.25) is 6.79 Å². The maximum absolute atomic E-state index is 14.8. The third kappa shape index (κ3) is 5.52. The van der Waals surface area contributed by atoms with Crippen LogP contribution in [-0.2, 0) is 32.7 Å². The van der Waals surface area contributed by atoms with Crippen molar-refractivity contribution in [3.63, 3.8) is 0 Å². The van der Waals surface area contributed by atoms with Gasteiger partial charge in [0.1, 0.15) is 18.6 Å². The Hall–Kier alpha value is -4.41. The van der Waals surface area contributed by atoms with E-state index in [0.717, 1.165) is 27.8 Å². The number of thioether (sulfide) groups is 1. The first-order valence-electron chi connectivity index (χ1n) is 19.4. The number of carbonyl (C=O) groups excluding carboxylic acids is 2. The summed E-state index contributed by atoms with van der Waals surface area (Å²) in [5, 5.41) is 26.5. The number of methoxy groups -OCH3 is 2. The first-order chi connectivity index (χ1) is 27.3. The normalized spacial score (nSPS) is 28.6. The van der Waals surface area contributed by atoms with Gasteiger partial charge in [0.25, 0.3) is 0 Å². The van der Waals surface area contributed by atoms with E-state index in [-0.39, 0.29) is 48.8 Å². The molecule has 3 N–H and O–H groups in total. The number of carbonyl (C=O) groups is 2. The minimum absolute atomic E-state index is 0.00906. The number of hydrogen-bond donors (Lipinski definition) is 3. The van der Waals surface area contributed by atoms with Crippen molar-refractivity contribution < 1.29 is 53.0 Å². The zero-order valence-electron chi connectivity index (χ0n) is 33.4. The van der Waals surface area contributed by atoms with E-state index in [1.165, 1.54) is 25.8 Å². The van der Waals surface area contributed by atoms with E-state index in [9.17, 15) is 19.8 Å². The van der Waals surface area contributed by atoms with E-state index in [1.54, 1.807) is 19.2 Å². The summed E-state index contributed by atoms with van der Waals surface area (Å²) in [6, 6.07) is 3.57. The van der Waals surface area contributed by atoms with Gasteiger partial charge in [-0.1, -0.05) is 6.07 Å². The van der Waals surface area contributed by atoms with E-state index in [1.807, 2.05) is 34.7 Å². The lowest BCUT2D eigenvalue weighted by Gasteiger charge is -2.62. The van der Waals surface area contributed by atoms with Crippen LogP contribution in [0.15, 0.2) is 18.2 Å². The van der Waals surface area contributed by atoms with Crippen LogP contribution in [0.25, 0.3) is 0 Å². The Balaban J connectivity index is 1.33. The molecule has 3 aromatic rings. The molecule has 1 unspecified atom stereocenters. The number of fused-ring (bicyclic) bond motifs is 9. The summed E-state index contributed by atoms with van der Waals surface area (Å²) >= 11 is 1.52. The number of phenols is 1. The lowest BCUT2D eigenvalue weighted by molar-refractivity contribution is -0.186. The molecule has 15 heteroatoms. The molecule has 1 spiro atoms. The fourth-order valence-electron chi connectivity index (χ4n) is 10.3. The van der Waals surface area contributed by atoms with Gasteiger partial charge in [0, 0.05) is 47.5 Å². The van der Waals surface area contributed by atoms with Crippen LogP contribution in [0.1, 0.15) is 82.6 Å². The molecule has 2 fully saturated rings. The molecule has 2 saturated heterocycles. The molecule has 14 nitrogen and oxygen atoms in total. The number of nitrogens with zero attached hydrogens (tertiary/aromatic N) is 2. The van der Waals surface area contributed by atoms with Crippen molar-refractivity contribution in [2.24, 2.45) is 0 Å². The van der Waals surface area contributed by atoms with Gasteiger partial charge in [-0.05, 0) is 82.0 Å². The van der Waals surface area contributed by atoms with Crippen LogP contribution in [0.5, 0.6) is 40.2 Å². The van der Waals surface area contributed by atoms with Crippen molar-refractivity contribution in [3.05, 3.63) is 62.7 Å². The molecule has 7 aliphatic rings. The van der Waals surface area contributed by atoms with Gasteiger partial charge >= 0.3 is 11.9 Å². The first-order valence-corrected chi connectivity index (χ1v) is 20.5. The molecule has 10 rings (SSSR count). The van der Waals surface area contributed by atoms with Gasteiger partial charge in [-0.3, -0.25) is 19.9 Å². The molecule has 4 bridgehead atoms. The average molecular weight is 804 g/mol. The van der Waals surface area contributed by atoms with Crippen molar-refractivity contribution in [3.8, 4) is 40.2 Å². The van der Waals surface area contributed by atoms with Crippen LogP contribution in [0.2, 0.25) is 0 Å². The highest BCUT2D eigenvalue weighted by atomic mass is 32.2. The number of likely N-dealkylation sites (N-methyl/N-ethyl adjacent to an activating group) is 1. The van der Waals surface area contributed by atoms with Gasteiger partial charge in [0.15, 0.2) is 40.0 Å². The summed E-state index contributed by atoms with van der Waals surface area (Å²) in [6.07, 6.45) is -0.0631. The van der Waals surface area contributed by atoms with Crippen LogP contribution in [0.4, 0.5) is 0 Å². The third-order valence-electron chi connectivity index (χ3n) is 12.6. The second-order valence-electron chi connectivity index (χ2n) is 16.1. The van der Waals surface area contributed by atoms with Crippen LogP contribution in [0, 0.1) is 13.8 Å². The number of aliphatic hydroxyl groups excluding tert-OH is 1. The van der Waals surface area contributed by atoms with Crippen molar-refractivity contribution in [1.82, 2.24) is 15.1 Å². The van der Waals surface area contributed by atoms with Gasteiger partial charge < -0.3 is 43.4 Å². The standard InChI is InChI=1S/C42H49N3O11S/c1-18(2)55-38-29-23(11-19(3)34(38)51-8)12-25-40(48)45-26-15-52-41(49)42(24-14-28(50-7)27(47)13-22(24)9-10-43-42)16-57-39(33(45)32(29)44(25)6)31-30(26)37-36(53-17-54-37)20(4)35(31)56-21(5)46/h11,13-14,18,25-26,32-33,39-40,43,47-48H,9-10,12,15-17H2,1-8H3/t25-,26+,32+,33?,39+,40-,42+/m0/s1. The average Bonchev–Trinajstić information content (AvgIpc) is 3.66.